The van der Waals surface area contributed by atoms with E-state index in [1.54, 1.807) is 7.11 Å². The number of hydrogen-bond donors (Lipinski definition) is 1. The van der Waals surface area contributed by atoms with Crippen LogP contribution in [-0.4, -0.2) is 145 Å². The summed E-state index contributed by atoms with van der Waals surface area (Å²) in [5, 5.41) is 10.4. The van der Waals surface area contributed by atoms with Gasteiger partial charge < -0.3 is 42.1 Å². The summed E-state index contributed by atoms with van der Waals surface area (Å²) in [6.07, 6.45) is -3.34. The molecule has 11 nitrogen and oxygen atoms in total. The maximum Gasteiger partial charge on any atom is 0.328 e. The highest BCUT2D eigenvalue weighted by Crippen LogP contribution is 2.52. The lowest BCUT2D eigenvalue weighted by molar-refractivity contribution is -0.0251. The number of rotatable bonds is 14. The molecule has 3 fully saturated rings. The first-order chi connectivity index (χ1) is 18.6. The standard InChI is InChI=1S/C21H46B6O11P2/c1-10-16(28)13(34-19(10)22)8-32-39(5,29)37-17-11(2)20(26-23)35-15(17)9-33-40(6,30)38-18-12(3)21(27(24)25)36-14(18)7-31-4/h10-21,26,28H,7-9,22-25H2,1-6H3. The summed E-state index contributed by atoms with van der Waals surface area (Å²) in [6, 6.07) is -0.325. The monoisotopic (exact) mass is 602 g/mol. The predicted molar refractivity (Wildman–Crippen MR) is 167 cm³/mol. The van der Waals surface area contributed by atoms with E-state index >= 15 is 0 Å². The van der Waals surface area contributed by atoms with Crippen molar-refractivity contribution < 1.29 is 51.3 Å². The summed E-state index contributed by atoms with van der Waals surface area (Å²) in [7, 11) is 3.27. The SMILES string of the molecule is BBC1OC(COP(C)(=O)OC2C(COC)OC(B(B)B)C2C)C(OP(C)(=O)OCC2OC(B)C(C)C2O)C1C. The van der Waals surface area contributed by atoms with E-state index in [-0.39, 0.29) is 61.6 Å². The molecule has 0 saturated carbocycles. The van der Waals surface area contributed by atoms with Gasteiger partial charge in [-0.3, -0.25) is 9.13 Å². The van der Waals surface area contributed by atoms with Gasteiger partial charge in [-0.1, -0.05) is 20.8 Å². The number of hydrogen-bond acceptors (Lipinski definition) is 11. The number of ether oxygens (including phenoxy) is 4. The molecule has 1 N–H and O–H groups in total. The molecule has 0 amide bonds. The van der Waals surface area contributed by atoms with Gasteiger partial charge in [0, 0.05) is 56.2 Å². The third-order valence-electron chi connectivity index (χ3n) is 8.57. The van der Waals surface area contributed by atoms with Crippen molar-refractivity contribution in [3.8, 4) is 0 Å². The van der Waals surface area contributed by atoms with E-state index in [0.717, 1.165) is 7.17 Å². The summed E-state index contributed by atoms with van der Waals surface area (Å²) < 4.78 is 73.9. The zero-order valence-electron chi connectivity index (χ0n) is 25.8. The average molecular weight is 601 g/mol. The molecule has 3 saturated heterocycles. The van der Waals surface area contributed by atoms with Gasteiger partial charge in [0.25, 0.3) is 0 Å². The molecule has 0 spiro atoms. The van der Waals surface area contributed by atoms with Gasteiger partial charge in [0.15, 0.2) is 0 Å². The molecule has 19 heteroatoms. The lowest BCUT2D eigenvalue weighted by Crippen LogP contribution is -2.38. The van der Waals surface area contributed by atoms with Crippen molar-refractivity contribution in [3.05, 3.63) is 0 Å². The van der Waals surface area contributed by atoms with Crippen LogP contribution in [0.5, 0.6) is 0 Å². The molecule has 3 aliphatic heterocycles. The second-order valence-electron chi connectivity index (χ2n) is 12.2. The second-order valence-corrected chi connectivity index (χ2v) is 16.2. The van der Waals surface area contributed by atoms with Crippen molar-refractivity contribution in [2.75, 3.05) is 40.3 Å². The quantitative estimate of drug-likeness (QED) is 0.167. The van der Waals surface area contributed by atoms with Crippen molar-refractivity contribution in [2.45, 2.75) is 75.4 Å². The Bertz CT molecular complexity index is 924. The van der Waals surface area contributed by atoms with Gasteiger partial charge in [0.05, 0.1) is 61.3 Å². The van der Waals surface area contributed by atoms with Crippen LogP contribution in [0.3, 0.4) is 0 Å². The summed E-state index contributed by atoms with van der Waals surface area (Å²) in [4.78, 5) is 0. The highest BCUT2D eigenvalue weighted by Gasteiger charge is 2.49. The van der Waals surface area contributed by atoms with Crippen LogP contribution in [0.1, 0.15) is 20.8 Å². The van der Waals surface area contributed by atoms with Crippen molar-refractivity contribution in [2.24, 2.45) is 17.8 Å². The van der Waals surface area contributed by atoms with E-state index in [0.29, 0.717) is 6.61 Å². The molecule has 3 aliphatic rings. The fourth-order valence-electron chi connectivity index (χ4n) is 6.05. The average Bonchev–Trinajstić information content (AvgIpc) is 3.44. The molecule has 0 radical (unpaired) electrons. The first kappa shape index (κ1) is 35.0. The van der Waals surface area contributed by atoms with E-state index in [2.05, 4.69) is 15.5 Å². The first-order valence-electron chi connectivity index (χ1n) is 14.5. The topological polar surface area (TPSA) is 128 Å². The minimum absolute atomic E-state index is 0.00297. The van der Waals surface area contributed by atoms with Crippen molar-refractivity contribution in [1.82, 2.24) is 0 Å². The summed E-state index contributed by atoms with van der Waals surface area (Å²) in [5.41, 5.74) is 0. The lowest BCUT2D eigenvalue weighted by atomic mass is 9.16. The van der Waals surface area contributed by atoms with Gasteiger partial charge in [-0.05, 0) is 0 Å². The zero-order valence-corrected chi connectivity index (χ0v) is 27.5. The van der Waals surface area contributed by atoms with Crippen LogP contribution >= 0.6 is 15.2 Å². The smallest absolute Gasteiger partial charge is 0.328 e. The predicted octanol–water partition coefficient (Wildman–Crippen LogP) is -2.52. The van der Waals surface area contributed by atoms with E-state index in [9.17, 15) is 14.2 Å². The first-order valence-corrected chi connectivity index (χ1v) is 18.5. The molecular formula is C21H46B6O11P2. The Kier molecular flexibility index (Phi) is 12.7. The van der Waals surface area contributed by atoms with Crippen molar-refractivity contribution >= 4 is 59.9 Å². The third-order valence-corrected chi connectivity index (χ3v) is 11.1. The molecule has 0 aromatic heterocycles. The molecule has 0 aromatic carbocycles. The van der Waals surface area contributed by atoms with Gasteiger partial charge in [0.1, 0.15) is 39.8 Å². The van der Waals surface area contributed by atoms with Crippen molar-refractivity contribution in [3.63, 3.8) is 0 Å². The minimum atomic E-state index is -3.56. The Hall–Kier alpha value is 0.490. The number of methoxy groups -OCH3 is 1. The van der Waals surface area contributed by atoms with Crippen LogP contribution in [0, 0.1) is 17.8 Å². The molecule has 14 atom stereocenters. The molecule has 40 heavy (non-hydrogen) atoms. The van der Waals surface area contributed by atoms with Crippen LogP contribution in [0.25, 0.3) is 0 Å². The van der Waals surface area contributed by atoms with Crippen LogP contribution < -0.4 is 0 Å². The molecular weight excluding hydrogens is 555 g/mol. The molecule has 0 aliphatic carbocycles. The van der Waals surface area contributed by atoms with E-state index in [1.807, 2.05) is 36.4 Å². The minimum Gasteiger partial charge on any atom is -0.390 e. The third kappa shape index (κ3) is 8.56. The maximum atomic E-state index is 13.5. The number of aliphatic hydroxyl groups is 1. The second kappa shape index (κ2) is 14.5. The van der Waals surface area contributed by atoms with Gasteiger partial charge in [-0.15, -0.1) is 0 Å². The van der Waals surface area contributed by atoms with Gasteiger partial charge >= 0.3 is 15.2 Å². The molecule has 224 valence electrons. The Morgan fingerprint density at radius 2 is 1.38 bits per heavy atom. The lowest BCUT2D eigenvalue weighted by Gasteiger charge is -2.28. The summed E-state index contributed by atoms with van der Waals surface area (Å²) in [5.74, 6) is -0.161. The van der Waals surface area contributed by atoms with Gasteiger partial charge in [-0.2, -0.15) is 0 Å². The molecule has 0 bridgehead atoms. The maximum absolute atomic E-state index is 13.5. The molecule has 14 unspecified atom stereocenters. The van der Waals surface area contributed by atoms with Crippen LogP contribution in [0.15, 0.2) is 0 Å². The van der Waals surface area contributed by atoms with E-state index < -0.39 is 45.7 Å². The Morgan fingerprint density at radius 1 is 0.850 bits per heavy atom. The highest BCUT2D eigenvalue weighted by atomic mass is 31.2. The van der Waals surface area contributed by atoms with Crippen LogP contribution in [-0.2, 0) is 46.2 Å². The Morgan fingerprint density at radius 3 is 1.85 bits per heavy atom. The molecule has 3 rings (SSSR count). The summed E-state index contributed by atoms with van der Waals surface area (Å²) in [6.45, 7) is 9.21. The highest BCUT2D eigenvalue weighted by molar-refractivity contribution is 7.53. The zero-order chi connectivity index (χ0) is 30.0. The molecule has 0 aromatic rings. The van der Waals surface area contributed by atoms with E-state index in [1.165, 1.54) is 13.3 Å². The fourth-order valence-corrected chi connectivity index (χ4v) is 8.55. The van der Waals surface area contributed by atoms with Crippen LogP contribution in [0.4, 0.5) is 0 Å². The Balaban J connectivity index is 1.62. The molecule has 3 heterocycles. The van der Waals surface area contributed by atoms with Gasteiger partial charge in [-0.25, -0.2) is 0 Å². The fraction of sp³-hybridized carbons (Fsp3) is 1.00. The van der Waals surface area contributed by atoms with Crippen molar-refractivity contribution in [1.29, 1.82) is 0 Å². The largest absolute Gasteiger partial charge is 0.390 e. The summed E-state index contributed by atoms with van der Waals surface area (Å²) >= 11 is 0. The Labute approximate surface area is 244 Å². The number of aliphatic hydroxyl groups excluding tert-OH is 1. The van der Waals surface area contributed by atoms with Crippen LogP contribution in [0.2, 0.25) is 0 Å². The van der Waals surface area contributed by atoms with E-state index in [4.69, 9.17) is 37.0 Å². The van der Waals surface area contributed by atoms with Gasteiger partial charge in [0.2, 0.25) is 0 Å². The normalized spacial score (nSPS) is 42.9.